The van der Waals surface area contributed by atoms with E-state index in [1.165, 1.54) is 0 Å². The smallest absolute Gasteiger partial charge is 0.220 e. The standard InChI is InChI=1S/C11H24N2O/c1-4-6-10(5-2)13-11(14)7-9(3)8-12/h9-10H,4-8,12H2,1-3H3,(H,13,14). The van der Waals surface area contributed by atoms with Gasteiger partial charge in [-0.15, -0.1) is 0 Å². The predicted octanol–water partition coefficient (Wildman–Crippen LogP) is 1.67. The van der Waals surface area contributed by atoms with Gasteiger partial charge in [0.05, 0.1) is 0 Å². The van der Waals surface area contributed by atoms with Gasteiger partial charge in [-0.2, -0.15) is 0 Å². The minimum atomic E-state index is 0.142. The maximum absolute atomic E-state index is 11.5. The van der Waals surface area contributed by atoms with Crippen LogP contribution in [-0.2, 0) is 4.79 Å². The van der Waals surface area contributed by atoms with E-state index in [2.05, 4.69) is 19.2 Å². The van der Waals surface area contributed by atoms with Gasteiger partial charge in [0, 0.05) is 12.5 Å². The third kappa shape index (κ3) is 5.97. The molecular formula is C11H24N2O. The second-order valence-electron chi connectivity index (χ2n) is 4.01. The van der Waals surface area contributed by atoms with Crippen molar-refractivity contribution in [2.45, 2.75) is 52.5 Å². The number of nitrogens with two attached hydrogens (primary N) is 1. The van der Waals surface area contributed by atoms with Crippen LogP contribution >= 0.6 is 0 Å². The van der Waals surface area contributed by atoms with Crippen LogP contribution in [0, 0.1) is 5.92 Å². The monoisotopic (exact) mass is 200 g/mol. The summed E-state index contributed by atoms with van der Waals surface area (Å²) < 4.78 is 0. The first-order valence-corrected chi connectivity index (χ1v) is 5.63. The molecule has 0 aromatic carbocycles. The molecular weight excluding hydrogens is 176 g/mol. The Balaban J connectivity index is 3.78. The van der Waals surface area contributed by atoms with E-state index in [0.29, 0.717) is 19.0 Å². The van der Waals surface area contributed by atoms with Gasteiger partial charge in [-0.25, -0.2) is 0 Å². The Hall–Kier alpha value is -0.570. The molecule has 0 saturated carbocycles. The van der Waals surface area contributed by atoms with Crippen LogP contribution in [0.1, 0.15) is 46.5 Å². The maximum atomic E-state index is 11.5. The molecule has 2 atom stereocenters. The van der Waals surface area contributed by atoms with E-state index < -0.39 is 0 Å². The zero-order chi connectivity index (χ0) is 11.0. The van der Waals surface area contributed by atoms with Gasteiger partial charge in [-0.3, -0.25) is 4.79 Å². The van der Waals surface area contributed by atoms with Crippen LogP contribution < -0.4 is 11.1 Å². The molecule has 0 aliphatic rings. The van der Waals surface area contributed by atoms with Gasteiger partial charge in [0.25, 0.3) is 0 Å². The van der Waals surface area contributed by atoms with E-state index in [1.807, 2.05) is 6.92 Å². The van der Waals surface area contributed by atoms with Crippen molar-refractivity contribution in [2.75, 3.05) is 6.54 Å². The van der Waals surface area contributed by atoms with Crippen molar-refractivity contribution in [1.29, 1.82) is 0 Å². The molecule has 0 aliphatic heterocycles. The minimum Gasteiger partial charge on any atom is -0.353 e. The number of amides is 1. The van der Waals surface area contributed by atoms with Crippen molar-refractivity contribution in [3.63, 3.8) is 0 Å². The molecule has 0 aromatic rings. The van der Waals surface area contributed by atoms with Gasteiger partial charge in [-0.1, -0.05) is 27.2 Å². The lowest BCUT2D eigenvalue weighted by Gasteiger charge is -2.17. The Bertz CT molecular complexity index is 159. The SMILES string of the molecule is CCCC(CC)NC(=O)CC(C)CN. The van der Waals surface area contributed by atoms with E-state index >= 15 is 0 Å². The summed E-state index contributed by atoms with van der Waals surface area (Å²) in [5, 5.41) is 3.04. The van der Waals surface area contributed by atoms with E-state index in [0.717, 1.165) is 19.3 Å². The van der Waals surface area contributed by atoms with Crippen molar-refractivity contribution in [1.82, 2.24) is 5.32 Å². The molecule has 0 saturated heterocycles. The Kier molecular flexibility index (Phi) is 7.48. The van der Waals surface area contributed by atoms with Crippen molar-refractivity contribution < 1.29 is 4.79 Å². The average molecular weight is 200 g/mol. The predicted molar refractivity (Wildman–Crippen MR) is 60.0 cm³/mol. The molecule has 0 bridgehead atoms. The fraction of sp³-hybridized carbons (Fsp3) is 0.909. The fourth-order valence-electron chi connectivity index (χ4n) is 1.41. The molecule has 0 radical (unpaired) electrons. The van der Waals surface area contributed by atoms with Gasteiger partial charge in [0.15, 0.2) is 0 Å². The second kappa shape index (κ2) is 7.80. The van der Waals surface area contributed by atoms with Gasteiger partial charge >= 0.3 is 0 Å². The largest absolute Gasteiger partial charge is 0.353 e. The van der Waals surface area contributed by atoms with Gasteiger partial charge in [0.2, 0.25) is 5.91 Å². The molecule has 84 valence electrons. The lowest BCUT2D eigenvalue weighted by Crippen LogP contribution is -2.35. The van der Waals surface area contributed by atoms with Crippen molar-refractivity contribution in [2.24, 2.45) is 11.7 Å². The number of hydrogen-bond donors (Lipinski definition) is 2. The topological polar surface area (TPSA) is 55.1 Å². The summed E-state index contributed by atoms with van der Waals surface area (Å²) in [6.45, 7) is 6.82. The number of nitrogens with one attached hydrogen (secondary N) is 1. The summed E-state index contributed by atoms with van der Waals surface area (Å²) in [5.41, 5.74) is 5.46. The number of carbonyl (C=O) groups excluding carboxylic acids is 1. The summed E-state index contributed by atoms with van der Waals surface area (Å²) in [6.07, 6.45) is 3.75. The molecule has 0 spiro atoms. The number of carbonyl (C=O) groups is 1. The highest BCUT2D eigenvalue weighted by atomic mass is 16.1. The Morgan fingerprint density at radius 2 is 2.07 bits per heavy atom. The van der Waals surface area contributed by atoms with Crippen molar-refractivity contribution in [3.8, 4) is 0 Å². The van der Waals surface area contributed by atoms with Crippen LogP contribution in [0.2, 0.25) is 0 Å². The van der Waals surface area contributed by atoms with E-state index in [1.54, 1.807) is 0 Å². The van der Waals surface area contributed by atoms with Crippen molar-refractivity contribution in [3.05, 3.63) is 0 Å². The third-order valence-electron chi connectivity index (χ3n) is 2.43. The molecule has 0 aliphatic carbocycles. The van der Waals surface area contributed by atoms with Crippen LogP contribution in [0.5, 0.6) is 0 Å². The maximum Gasteiger partial charge on any atom is 0.220 e. The van der Waals surface area contributed by atoms with Gasteiger partial charge < -0.3 is 11.1 Å². The molecule has 1 amide bonds. The fourth-order valence-corrected chi connectivity index (χ4v) is 1.41. The lowest BCUT2D eigenvalue weighted by atomic mass is 10.1. The van der Waals surface area contributed by atoms with Gasteiger partial charge in [0.1, 0.15) is 0 Å². The van der Waals surface area contributed by atoms with E-state index in [-0.39, 0.29) is 11.8 Å². The highest BCUT2D eigenvalue weighted by Gasteiger charge is 2.11. The normalized spacial score (nSPS) is 14.9. The molecule has 0 fully saturated rings. The molecule has 0 aromatic heterocycles. The highest BCUT2D eigenvalue weighted by Crippen LogP contribution is 2.04. The third-order valence-corrected chi connectivity index (χ3v) is 2.43. The minimum absolute atomic E-state index is 0.142. The van der Waals surface area contributed by atoms with Crippen molar-refractivity contribution >= 4 is 5.91 Å². The quantitative estimate of drug-likeness (QED) is 0.657. The molecule has 3 N–H and O–H groups in total. The molecule has 3 nitrogen and oxygen atoms in total. The van der Waals surface area contributed by atoms with Gasteiger partial charge in [-0.05, 0) is 25.3 Å². The van der Waals surface area contributed by atoms with Crippen LogP contribution in [0.4, 0.5) is 0 Å². The first kappa shape index (κ1) is 13.4. The first-order chi connectivity index (χ1) is 6.63. The molecule has 2 unspecified atom stereocenters. The van der Waals surface area contributed by atoms with Crippen LogP contribution in [0.3, 0.4) is 0 Å². The summed E-state index contributed by atoms with van der Waals surface area (Å²) in [7, 11) is 0. The number of rotatable bonds is 7. The Morgan fingerprint density at radius 1 is 1.43 bits per heavy atom. The summed E-state index contributed by atoms with van der Waals surface area (Å²) in [5.74, 6) is 0.428. The Morgan fingerprint density at radius 3 is 2.50 bits per heavy atom. The lowest BCUT2D eigenvalue weighted by molar-refractivity contribution is -0.122. The van der Waals surface area contributed by atoms with Crippen LogP contribution in [0.25, 0.3) is 0 Å². The van der Waals surface area contributed by atoms with Crippen LogP contribution in [-0.4, -0.2) is 18.5 Å². The van der Waals surface area contributed by atoms with Crippen LogP contribution in [0.15, 0.2) is 0 Å². The summed E-state index contributed by atoms with van der Waals surface area (Å²) in [4.78, 5) is 11.5. The van der Waals surface area contributed by atoms with E-state index in [9.17, 15) is 4.79 Å². The summed E-state index contributed by atoms with van der Waals surface area (Å²) in [6, 6.07) is 0.345. The zero-order valence-electron chi connectivity index (χ0n) is 9.68. The highest BCUT2D eigenvalue weighted by molar-refractivity contribution is 5.76. The average Bonchev–Trinajstić information content (AvgIpc) is 2.16. The molecule has 0 heterocycles. The molecule has 3 heteroatoms. The first-order valence-electron chi connectivity index (χ1n) is 5.63. The number of hydrogen-bond acceptors (Lipinski definition) is 2. The zero-order valence-corrected chi connectivity index (χ0v) is 9.68. The summed E-state index contributed by atoms with van der Waals surface area (Å²) >= 11 is 0. The van der Waals surface area contributed by atoms with E-state index in [4.69, 9.17) is 5.73 Å². The molecule has 0 rings (SSSR count). The second-order valence-corrected chi connectivity index (χ2v) is 4.01. The Labute approximate surface area is 87.4 Å². The molecule has 14 heavy (non-hydrogen) atoms.